The lowest BCUT2D eigenvalue weighted by molar-refractivity contribution is -0.142. The van der Waals surface area contributed by atoms with Gasteiger partial charge in [-0.3, -0.25) is 4.79 Å². The highest BCUT2D eigenvalue weighted by molar-refractivity contribution is 5.83. The summed E-state index contributed by atoms with van der Waals surface area (Å²) in [6.07, 6.45) is 31.9. The van der Waals surface area contributed by atoms with Crippen LogP contribution in [-0.4, -0.2) is 29.6 Å². The fraction of sp³-hybridized carbons (Fsp3) is 0.643. The van der Waals surface area contributed by atoms with E-state index in [1.807, 2.05) is 0 Å². The van der Waals surface area contributed by atoms with E-state index in [0.717, 1.165) is 51.4 Å². The summed E-state index contributed by atoms with van der Waals surface area (Å²) < 4.78 is 0. The number of aliphatic carboxylic acids is 1. The topological polar surface area (TPSA) is 92.4 Å². The Morgan fingerprint density at radius 3 is 1.82 bits per heavy atom. The van der Waals surface area contributed by atoms with Gasteiger partial charge < -0.3 is 16.2 Å². The summed E-state index contributed by atoms with van der Waals surface area (Å²) in [5, 5.41) is 11.8. The number of carbonyl (C=O) groups excluding carboxylic acids is 1. The Morgan fingerprint density at radius 1 is 0.758 bits per heavy atom. The lowest BCUT2D eigenvalue weighted by atomic mass is 10.1. The third kappa shape index (κ3) is 22.8. The van der Waals surface area contributed by atoms with E-state index in [4.69, 9.17) is 5.73 Å². The van der Waals surface area contributed by atoms with Gasteiger partial charge in [0, 0.05) is 6.42 Å². The summed E-state index contributed by atoms with van der Waals surface area (Å²) in [6.45, 7) is 2.77. The number of nitrogens with two attached hydrogens (primary N) is 1. The van der Waals surface area contributed by atoms with Crippen molar-refractivity contribution in [2.45, 2.75) is 109 Å². The molecule has 0 aliphatic rings. The van der Waals surface area contributed by atoms with Gasteiger partial charge in [-0.1, -0.05) is 74.8 Å². The van der Waals surface area contributed by atoms with Gasteiger partial charge in [0.25, 0.3) is 0 Å². The molecule has 1 amide bonds. The van der Waals surface area contributed by atoms with Crippen molar-refractivity contribution in [2.75, 3.05) is 6.54 Å². The molecule has 0 aromatic carbocycles. The summed E-state index contributed by atoms with van der Waals surface area (Å²) in [4.78, 5) is 23.2. The van der Waals surface area contributed by atoms with Gasteiger partial charge in [0.05, 0.1) is 0 Å². The normalized spacial score (nSPS) is 13.0. The minimum atomic E-state index is -0.971. The SMILES string of the molecule is CCCCC/C=C\C/C=C\C/C=C\C/C=C\CCCCCC(=O)N[C@@H](CCCCN)C(=O)O. The van der Waals surface area contributed by atoms with Crippen molar-refractivity contribution < 1.29 is 14.7 Å². The Balaban J connectivity index is 3.65. The number of amides is 1. The van der Waals surface area contributed by atoms with E-state index in [0.29, 0.717) is 25.8 Å². The lowest BCUT2D eigenvalue weighted by Crippen LogP contribution is -2.40. The molecule has 0 aliphatic carbocycles. The zero-order chi connectivity index (χ0) is 24.4. The molecule has 0 aliphatic heterocycles. The molecule has 0 spiro atoms. The standard InChI is InChI=1S/C28H48N2O3/c1-2-3-4-5-6-7-8-9-10-11-12-13-14-15-16-17-18-19-20-24-27(31)30-26(28(32)33)23-21-22-25-29/h6-7,9-10,12-13,15-16,26H,2-5,8,11,14,17-25,29H2,1H3,(H,30,31)(H,32,33)/b7-6-,10-9-,13-12-,16-15-/t26-/m0/s1. The number of rotatable bonds is 22. The molecule has 0 radical (unpaired) electrons. The molecule has 0 saturated carbocycles. The minimum Gasteiger partial charge on any atom is -0.480 e. The maximum atomic E-state index is 11.9. The minimum absolute atomic E-state index is 0.173. The second-order valence-electron chi connectivity index (χ2n) is 8.43. The van der Waals surface area contributed by atoms with Crippen molar-refractivity contribution in [2.24, 2.45) is 5.73 Å². The molecule has 33 heavy (non-hydrogen) atoms. The smallest absolute Gasteiger partial charge is 0.326 e. The summed E-state index contributed by atoms with van der Waals surface area (Å²) in [7, 11) is 0. The van der Waals surface area contributed by atoms with Crippen molar-refractivity contribution in [3.63, 3.8) is 0 Å². The molecule has 0 bridgehead atoms. The van der Waals surface area contributed by atoms with E-state index in [1.54, 1.807) is 0 Å². The largest absolute Gasteiger partial charge is 0.480 e. The van der Waals surface area contributed by atoms with Crippen LogP contribution in [0.3, 0.4) is 0 Å². The van der Waals surface area contributed by atoms with Crippen LogP contribution >= 0.6 is 0 Å². The van der Waals surface area contributed by atoms with E-state index >= 15 is 0 Å². The van der Waals surface area contributed by atoms with Crippen LogP contribution in [-0.2, 0) is 9.59 Å². The molecule has 0 aromatic rings. The Labute approximate surface area is 202 Å². The van der Waals surface area contributed by atoms with Crippen molar-refractivity contribution in [1.29, 1.82) is 0 Å². The van der Waals surface area contributed by atoms with Gasteiger partial charge in [-0.25, -0.2) is 4.79 Å². The van der Waals surface area contributed by atoms with Crippen LogP contribution in [0, 0.1) is 0 Å². The first-order chi connectivity index (χ1) is 16.1. The number of carboxylic acid groups (broad SMARTS) is 1. The molecule has 188 valence electrons. The van der Waals surface area contributed by atoms with Crippen LogP contribution in [0.2, 0.25) is 0 Å². The number of carboxylic acids is 1. The number of unbranched alkanes of at least 4 members (excludes halogenated alkanes) is 7. The van der Waals surface area contributed by atoms with E-state index < -0.39 is 12.0 Å². The fourth-order valence-electron chi connectivity index (χ4n) is 3.30. The molecule has 5 heteroatoms. The number of allylic oxidation sites excluding steroid dienone is 8. The monoisotopic (exact) mass is 460 g/mol. The Bertz CT molecular complexity index is 594. The first-order valence-corrected chi connectivity index (χ1v) is 12.9. The average Bonchev–Trinajstić information content (AvgIpc) is 2.80. The van der Waals surface area contributed by atoms with Gasteiger partial charge in [-0.2, -0.15) is 0 Å². The fourth-order valence-corrected chi connectivity index (χ4v) is 3.30. The van der Waals surface area contributed by atoms with Crippen molar-refractivity contribution in [1.82, 2.24) is 5.32 Å². The highest BCUT2D eigenvalue weighted by Gasteiger charge is 2.18. The molecular weight excluding hydrogens is 412 g/mol. The zero-order valence-electron chi connectivity index (χ0n) is 20.9. The maximum Gasteiger partial charge on any atom is 0.326 e. The van der Waals surface area contributed by atoms with Crippen LogP contribution in [0.25, 0.3) is 0 Å². The summed E-state index contributed by atoms with van der Waals surface area (Å²) in [5.41, 5.74) is 5.43. The number of hydrogen-bond donors (Lipinski definition) is 3. The molecule has 4 N–H and O–H groups in total. The summed E-state index contributed by atoms with van der Waals surface area (Å²) >= 11 is 0. The molecule has 0 aromatic heterocycles. The van der Waals surface area contributed by atoms with Crippen LogP contribution < -0.4 is 11.1 Å². The predicted molar refractivity (Wildman–Crippen MR) is 140 cm³/mol. The second kappa shape index (κ2) is 24.5. The van der Waals surface area contributed by atoms with Gasteiger partial charge in [0.15, 0.2) is 0 Å². The molecule has 0 rings (SSSR count). The third-order valence-electron chi connectivity index (χ3n) is 5.31. The van der Waals surface area contributed by atoms with Crippen LogP contribution in [0.15, 0.2) is 48.6 Å². The van der Waals surface area contributed by atoms with E-state index in [1.165, 1.54) is 25.7 Å². The highest BCUT2D eigenvalue weighted by Crippen LogP contribution is 2.06. The van der Waals surface area contributed by atoms with Crippen molar-refractivity contribution in [3.05, 3.63) is 48.6 Å². The van der Waals surface area contributed by atoms with Crippen molar-refractivity contribution >= 4 is 11.9 Å². The molecule has 0 saturated heterocycles. The van der Waals surface area contributed by atoms with E-state index in [2.05, 4.69) is 60.8 Å². The van der Waals surface area contributed by atoms with Gasteiger partial charge >= 0.3 is 5.97 Å². The number of nitrogens with one attached hydrogen (secondary N) is 1. The Kier molecular flexibility index (Phi) is 22.9. The summed E-state index contributed by atoms with van der Waals surface area (Å²) in [5.74, 6) is -1.14. The van der Waals surface area contributed by atoms with Crippen molar-refractivity contribution in [3.8, 4) is 0 Å². The number of carbonyl (C=O) groups is 2. The van der Waals surface area contributed by atoms with Gasteiger partial charge in [-0.15, -0.1) is 0 Å². The molecule has 0 heterocycles. The predicted octanol–water partition coefficient (Wildman–Crippen LogP) is 6.61. The third-order valence-corrected chi connectivity index (χ3v) is 5.31. The number of hydrogen-bond acceptors (Lipinski definition) is 3. The van der Waals surface area contributed by atoms with Crippen LogP contribution in [0.4, 0.5) is 0 Å². The highest BCUT2D eigenvalue weighted by atomic mass is 16.4. The lowest BCUT2D eigenvalue weighted by Gasteiger charge is -2.14. The van der Waals surface area contributed by atoms with Gasteiger partial charge in [-0.05, 0) is 77.2 Å². The molecular formula is C28H48N2O3. The maximum absolute atomic E-state index is 11.9. The van der Waals surface area contributed by atoms with Crippen LogP contribution in [0.5, 0.6) is 0 Å². The average molecular weight is 461 g/mol. The molecule has 0 unspecified atom stereocenters. The Morgan fingerprint density at radius 2 is 1.30 bits per heavy atom. The molecule has 0 fully saturated rings. The second-order valence-corrected chi connectivity index (χ2v) is 8.43. The van der Waals surface area contributed by atoms with E-state index in [-0.39, 0.29) is 5.91 Å². The first-order valence-electron chi connectivity index (χ1n) is 12.9. The quantitative estimate of drug-likeness (QED) is 0.125. The first kappa shape index (κ1) is 30.9. The van der Waals surface area contributed by atoms with Gasteiger partial charge in [0.2, 0.25) is 5.91 Å². The van der Waals surface area contributed by atoms with E-state index in [9.17, 15) is 14.7 Å². The van der Waals surface area contributed by atoms with Gasteiger partial charge in [0.1, 0.15) is 6.04 Å². The Hall–Kier alpha value is -2.14. The summed E-state index contributed by atoms with van der Waals surface area (Å²) in [6, 6.07) is -0.798. The molecule has 5 nitrogen and oxygen atoms in total. The zero-order valence-corrected chi connectivity index (χ0v) is 20.9. The van der Waals surface area contributed by atoms with Crippen LogP contribution in [0.1, 0.15) is 103 Å². The molecule has 1 atom stereocenters.